The van der Waals surface area contributed by atoms with Gasteiger partial charge in [-0.2, -0.15) is 0 Å². The van der Waals surface area contributed by atoms with Gasteiger partial charge in [-0.05, 0) is 0 Å². The molecular formula is C8H12O. The Kier molecular flexibility index (Phi) is 1.45. The van der Waals surface area contributed by atoms with Crippen LogP contribution in [0, 0.1) is 5.41 Å². The minimum absolute atomic E-state index is 0.138. The fourth-order valence-corrected chi connectivity index (χ4v) is 0.813. The summed E-state index contributed by atoms with van der Waals surface area (Å²) in [6.07, 6.45) is 7.27. The van der Waals surface area contributed by atoms with Gasteiger partial charge in [0.1, 0.15) is 0 Å². The Morgan fingerprint density at radius 1 is 1.22 bits per heavy atom. The highest BCUT2D eigenvalue weighted by Crippen LogP contribution is 2.22. The van der Waals surface area contributed by atoms with Crippen LogP contribution in [0.3, 0.4) is 0 Å². The SMILES string of the molecule is CC1(C)C=CC(O)C=C1. The van der Waals surface area contributed by atoms with Gasteiger partial charge in [-0.15, -0.1) is 0 Å². The second-order valence-corrected chi connectivity index (χ2v) is 3.03. The monoisotopic (exact) mass is 124 g/mol. The second kappa shape index (κ2) is 1.99. The van der Waals surface area contributed by atoms with E-state index >= 15 is 0 Å². The smallest absolute Gasteiger partial charge is 0.0903 e. The van der Waals surface area contributed by atoms with E-state index < -0.39 is 0 Å². The van der Waals surface area contributed by atoms with E-state index in [-0.39, 0.29) is 11.5 Å². The minimum Gasteiger partial charge on any atom is -0.385 e. The Balaban J connectivity index is 2.70. The van der Waals surface area contributed by atoms with E-state index in [4.69, 9.17) is 5.11 Å². The molecule has 0 fully saturated rings. The molecule has 0 aliphatic heterocycles. The molecule has 0 amide bonds. The first kappa shape index (κ1) is 6.56. The van der Waals surface area contributed by atoms with Crippen molar-refractivity contribution in [3.63, 3.8) is 0 Å². The van der Waals surface area contributed by atoms with Gasteiger partial charge >= 0.3 is 0 Å². The number of rotatable bonds is 0. The summed E-state index contributed by atoms with van der Waals surface area (Å²) >= 11 is 0. The Hall–Kier alpha value is -0.560. The molecule has 0 aromatic heterocycles. The third-order valence-corrected chi connectivity index (χ3v) is 1.45. The van der Waals surface area contributed by atoms with Gasteiger partial charge in [-0.25, -0.2) is 0 Å². The zero-order valence-electron chi connectivity index (χ0n) is 5.83. The van der Waals surface area contributed by atoms with Crippen LogP contribution in [0.4, 0.5) is 0 Å². The molecule has 1 rings (SSSR count). The molecule has 1 aliphatic rings. The molecule has 0 atom stereocenters. The van der Waals surface area contributed by atoms with E-state index in [1.54, 1.807) is 12.2 Å². The lowest BCUT2D eigenvalue weighted by Gasteiger charge is -2.19. The molecule has 50 valence electrons. The predicted octanol–water partition coefficient (Wildman–Crippen LogP) is 1.50. The van der Waals surface area contributed by atoms with Gasteiger partial charge in [0.2, 0.25) is 0 Å². The summed E-state index contributed by atoms with van der Waals surface area (Å²) in [7, 11) is 0. The predicted molar refractivity (Wildman–Crippen MR) is 38.1 cm³/mol. The van der Waals surface area contributed by atoms with Crippen LogP contribution in [0.2, 0.25) is 0 Å². The minimum atomic E-state index is -0.363. The number of hydrogen-bond acceptors (Lipinski definition) is 1. The van der Waals surface area contributed by atoms with Crippen LogP contribution in [-0.4, -0.2) is 11.2 Å². The standard InChI is InChI=1S/C8H12O/c1-8(2)5-3-7(9)4-6-8/h3-7,9H,1-2H3. The molecule has 1 nitrogen and oxygen atoms in total. The lowest BCUT2D eigenvalue weighted by Crippen LogP contribution is -2.11. The van der Waals surface area contributed by atoms with Crippen molar-refractivity contribution in [2.24, 2.45) is 5.41 Å². The van der Waals surface area contributed by atoms with Gasteiger partial charge in [0.15, 0.2) is 0 Å². The first-order valence-corrected chi connectivity index (χ1v) is 3.17. The van der Waals surface area contributed by atoms with Crippen LogP contribution in [0.1, 0.15) is 13.8 Å². The Morgan fingerprint density at radius 3 is 2.00 bits per heavy atom. The van der Waals surface area contributed by atoms with E-state index in [0.29, 0.717) is 0 Å². The topological polar surface area (TPSA) is 20.2 Å². The molecule has 0 unspecified atom stereocenters. The first-order valence-electron chi connectivity index (χ1n) is 3.17. The molecule has 1 N–H and O–H groups in total. The average molecular weight is 124 g/mol. The molecule has 1 heteroatoms. The zero-order chi connectivity index (χ0) is 6.91. The molecule has 0 bridgehead atoms. The van der Waals surface area contributed by atoms with Crippen molar-refractivity contribution in [1.82, 2.24) is 0 Å². The molecule has 9 heavy (non-hydrogen) atoms. The fraction of sp³-hybridized carbons (Fsp3) is 0.500. The molecule has 0 saturated carbocycles. The molecule has 0 heterocycles. The molecule has 1 aliphatic carbocycles. The summed E-state index contributed by atoms with van der Waals surface area (Å²) < 4.78 is 0. The Morgan fingerprint density at radius 2 is 1.67 bits per heavy atom. The third kappa shape index (κ3) is 1.68. The number of aliphatic hydroxyl groups excluding tert-OH is 1. The van der Waals surface area contributed by atoms with Gasteiger partial charge in [0.05, 0.1) is 6.10 Å². The van der Waals surface area contributed by atoms with Gasteiger partial charge < -0.3 is 5.11 Å². The lowest BCUT2D eigenvalue weighted by molar-refractivity contribution is 0.265. The molecule has 0 aromatic carbocycles. The van der Waals surface area contributed by atoms with E-state index in [1.807, 2.05) is 12.2 Å². The maximum atomic E-state index is 8.97. The third-order valence-electron chi connectivity index (χ3n) is 1.45. The van der Waals surface area contributed by atoms with Gasteiger partial charge in [-0.3, -0.25) is 0 Å². The highest BCUT2D eigenvalue weighted by atomic mass is 16.3. The highest BCUT2D eigenvalue weighted by Gasteiger charge is 2.12. The number of allylic oxidation sites excluding steroid dienone is 2. The highest BCUT2D eigenvalue weighted by molar-refractivity contribution is 5.18. The van der Waals surface area contributed by atoms with Crippen molar-refractivity contribution in [3.8, 4) is 0 Å². The van der Waals surface area contributed by atoms with Crippen molar-refractivity contribution in [2.75, 3.05) is 0 Å². The summed E-state index contributed by atoms with van der Waals surface area (Å²) in [6, 6.07) is 0. The Bertz CT molecular complexity index is 138. The molecule has 0 aromatic rings. The maximum absolute atomic E-state index is 8.97. The second-order valence-electron chi connectivity index (χ2n) is 3.03. The van der Waals surface area contributed by atoms with E-state index in [0.717, 1.165) is 0 Å². The fourth-order valence-electron chi connectivity index (χ4n) is 0.813. The van der Waals surface area contributed by atoms with E-state index in [1.165, 1.54) is 0 Å². The van der Waals surface area contributed by atoms with Crippen LogP contribution < -0.4 is 0 Å². The van der Waals surface area contributed by atoms with Gasteiger partial charge in [-0.1, -0.05) is 38.2 Å². The van der Waals surface area contributed by atoms with Crippen LogP contribution >= 0.6 is 0 Å². The summed E-state index contributed by atoms with van der Waals surface area (Å²) in [5.74, 6) is 0. The zero-order valence-corrected chi connectivity index (χ0v) is 5.83. The van der Waals surface area contributed by atoms with Crippen molar-refractivity contribution >= 4 is 0 Å². The van der Waals surface area contributed by atoms with Crippen LogP contribution in [0.25, 0.3) is 0 Å². The van der Waals surface area contributed by atoms with Crippen molar-refractivity contribution in [1.29, 1.82) is 0 Å². The normalized spacial score (nSPS) is 24.8. The number of aliphatic hydroxyl groups is 1. The van der Waals surface area contributed by atoms with Crippen LogP contribution in [0.15, 0.2) is 24.3 Å². The molecular weight excluding hydrogens is 112 g/mol. The van der Waals surface area contributed by atoms with Crippen LogP contribution in [0.5, 0.6) is 0 Å². The van der Waals surface area contributed by atoms with Crippen molar-refractivity contribution in [2.45, 2.75) is 20.0 Å². The summed E-state index contributed by atoms with van der Waals surface area (Å²) in [5.41, 5.74) is 0.138. The largest absolute Gasteiger partial charge is 0.385 e. The molecule has 0 saturated heterocycles. The Labute approximate surface area is 55.7 Å². The van der Waals surface area contributed by atoms with E-state index in [2.05, 4.69) is 13.8 Å². The number of hydrogen-bond donors (Lipinski definition) is 1. The summed E-state index contributed by atoms with van der Waals surface area (Å²) in [5, 5.41) is 8.97. The summed E-state index contributed by atoms with van der Waals surface area (Å²) in [6.45, 7) is 4.21. The first-order chi connectivity index (χ1) is 4.10. The van der Waals surface area contributed by atoms with Gasteiger partial charge in [0.25, 0.3) is 0 Å². The van der Waals surface area contributed by atoms with Crippen molar-refractivity contribution in [3.05, 3.63) is 24.3 Å². The molecule has 0 radical (unpaired) electrons. The molecule has 0 spiro atoms. The van der Waals surface area contributed by atoms with Crippen molar-refractivity contribution < 1.29 is 5.11 Å². The van der Waals surface area contributed by atoms with Crippen LogP contribution in [-0.2, 0) is 0 Å². The lowest BCUT2D eigenvalue weighted by atomic mass is 9.88. The van der Waals surface area contributed by atoms with E-state index in [9.17, 15) is 0 Å². The quantitative estimate of drug-likeness (QED) is 0.485. The maximum Gasteiger partial charge on any atom is 0.0903 e. The summed E-state index contributed by atoms with van der Waals surface area (Å²) in [4.78, 5) is 0. The average Bonchev–Trinajstić information content (AvgIpc) is 1.78. The van der Waals surface area contributed by atoms with Gasteiger partial charge in [0, 0.05) is 5.41 Å².